The van der Waals surface area contributed by atoms with Gasteiger partial charge in [0.15, 0.2) is 11.6 Å². The molecule has 2 aromatic heterocycles. The molecule has 10 heteroatoms. The van der Waals surface area contributed by atoms with Crippen LogP contribution in [0, 0.1) is 28.4 Å². The first kappa shape index (κ1) is 20.0. The number of nitro groups is 1. The summed E-state index contributed by atoms with van der Waals surface area (Å²) >= 11 is 6.07. The SMILES string of the molecule is Cc1cc(-n2ncc(C#N)c2NC(=O)c2cc([N+](=O)[O-])ccc2Cl)nc2ccccc12. The number of nitrogens with one attached hydrogen (secondary N) is 1. The molecule has 0 radical (unpaired) electrons. The molecule has 2 heterocycles. The van der Waals surface area contributed by atoms with Gasteiger partial charge in [-0.3, -0.25) is 14.9 Å². The van der Waals surface area contributed by atoms with Gasteiger partial charge in [-0.2, -0.15) is 15.0 Å². The zero-order valence-corrected chi connectivity index (χ0v) is 16.8. The van der Waals surface area contributed by atoms with Crippen molar-refractivity contribution >= 4 is 39.9 Å². The molecule has 0 aliphatic carbocycles. The number of aromatic nitrogens is 3. The van der Waals surface area contributed by atoms with Gasteiger partial charge in [0.1, 0.15) is 11.6 Å². The Morgan fingerprint density at radius 1 is 1.26 bits per heavy atom. The maximum absolute atomic E-state index is 12.8. The molecule has 0 unspecified atom stereocenters. The number of amides is 1. The first-order valence-electron chi connectivity index (χ1n) is 8.99. The lowest BCUT2D eigenvalue weighted by Crippen LogP contribution is -2.17. The molecule has 2 aromatic carbocycles. The number of aryl methyl sites for hydroxylation is 1. The Labute approximate surface area is 180 Å². The number of nitro benzene ring substituents is 1. The van der Waals surface area contributed by atoms with Gasteiger partial charge in [0.05, 0.1) is 27.2 Å². The van der Waals surface area contributed by atoms with Crippen LogP contribution in [0.15, 0.2) is 54.7 Å². The largest absolute Gasteiger partial charge is 0.305 e. The Kier molecular flexibility index (Phi) is 5.07. The van der Waals surface area contributed by atoms with Crippen molar-refractivity contribution < 1.29 is 9.72 Å². The van der Waals surface area contributed by atoms with Crippen molar-refractivity contribution in [1.29, 1.82) is 5.26 Å². The van der Waals surface area contributed by atoms with Crippen LogP contribution < -0.4 is 5.32 Å². The zero-order valence-electron chi connectivity index (χ0n) is 16.0. The highest BCUT2D eigenvalue weighted by Crippen LogP contribution is 2.26. The minimum absolute atomic E-state index is 0.0346. The number of non-ortho nitro benzene ring substituents is 1. The van der Waals surface area contributed by atoms with E-state index in [0.29, 0.717) is 5.82 Å². The van der Waals surface area contributed by atoms with Crippen LogP contribution in [0.25, 0.3) is 16.7 Å². The second kappa shape index (κ2) is 7.85. The van der Waals surface area contributed by atoms with Crippen LogP contribution in [-0.4, -0.2) is 25.6 Å². The zero-order chi connectivity index (χ0) is 22.1. The summed E-state index contributed by atoms with van der Waals surface area (Å²) < 4.78 is 1.33. The number of rotatable bonds is 4. The van der Waals surface area contributed by atoms with Gasteiger partial charge in [0.2, 0.25) is 0 Å². The number of carbonyl (C=O) groups is 1. The number of nitriles is 1. The van der Waals surface area contributed by atoms with Crippen molar-refractivity contribution in [3.8, 4) is 11.9 Å². The van der Waals surface area contributed by atoms with E-state index in [-0.39, 0.29) is 27.7 Å². The molecule has 4 rings (SSSR count). The third-order valence-electron chi connectivity index (χ3n) is 4.65. The fourth-order valence-corrected chi connectivity index (χ4v) is 3.34. The Hall–Kier alpha value is -4.29. The second-order valence-corrected chi connectivity index (χ2v) is 7.03. The van der Waals surface area contributed by atoms with Gasteiger partial charge >= 0.3 is 0 Å². The Morgan fingerprint density at radius 2 is 2.03 bits per heavy atom. The molecule has 152 valence electrons. The van der Waals surface area contributed by atoms with Crippen molar-refractivity contribution in [3.05, 3.63) is 86.6 Å². The topological polar surface area (TPSA) is 127 Å². The van der Waals surface area contributed by atoms with E-state index in [9.17, 15) is 20.2 Å². The van der Waals surface area contributed by atoms with Gasteiger partial charge in [-0.05, 0) is 30.7 Å². The molecular weight excluding hydrogens is 420 g/mol. The average molecular weight is 433 g/mol. The van der Waals surface area contributed by atoms with Crippen molar-refractivity contribution in [3.63, 3.8) is 0 Å². The minimum atomic E-state index is -0.718. The fourth-order valence-electron chi connectivity index (χ4n) is 3.14. The summed E-state index contributed by atoms with van der Waals surface area (Å²) in [6.45, 7) is 1.92. The van der Waals surface area contributed by atoms with E-state index < -0.39 is 10.8 Å². The van der Waals surface area contributed by atoms with E-state index in [2.05, 4.69) is 15.4 Å². The monoisotopic (exact) mass is 432 g/mol. The molecule has 0 fully saturated rings. The number of hydrogen-bond acceptors (Lipinski definition) is 6. The number of nitrogens with zero attached hydrogens (tertiary/aromatic N) is 5. The van der Waals surface area contributed by atoms with Crippen LogP contribution in [0.4, 0.5) is 11.5 Å². The molecule has 9 nitrogen and oxygen atoms in total. The van der Waals surface area contributed by atoms with Gasteiger partial charge in [0, 0.05) is 17.5 Å². The van der Waals surface area contributed by atoms with Gasteiger partial charge in [-0.15, -0.1) is 0 Å². The molecule has 4 aromatic rings. The number of carbonyl (C=O) groups excluding carboxylic acids is 1. The molecule has 0 atom stereocenters. The van der Waals surface area contributed by atoms with Crippen molar-refractivity contribution in [1.82, 2.24) is 14.8 Å². The van der Waals surface area contributed by atoms with E-state index in [1.807, 2.05) is 37.3 Å². The van der Waals surface area contributed by atoms with E-state index in [4.69, 9.17) is 11.6 Å². The molecule has 0 saturated heterocycles. The predicted molar refractivity (Wildman–Crippen MR) is 114 cm³/mol. The highest BCUT2D eigenvalue weighted by atomic mass is 35.5. The quantitative estimate of drug-likeness (QED) is 0.375. The summed E-state index contributed by atoms with van der Waals surface area (Å²) in [5.74, 6) is -0.236. The summed E-state index contributed by atoms with van der Waals surface area (Å²) in [7, 11) is 0. The van der Waals surface area contributed by atoms with Crippen LogP contribution in [0.3, 0.4) is 0 Å². The Balaban J connectivity index is 1.79. The third-order valence-corrected chi connectivity index (χ3v) is 4.98. The normalized spacial score (nSPS) is 10.6. The van der Waals surface area contributed by atoms with Crippen LogP contribution in [0.1, 0.15) is 21.5 Å². The average Bonchev–Trinajstić information content (AvgIpc) is 3.16. The van der Waals surface area contributed by atoms with Crippen molar-refractivity contribution in [2.24, 2.45) is 0 Å². The van der Waals surface area contributed by atoms with E-state index >= 15 is 0 Å². The molecule has 1 N–H and O–H groups in total. The standard InChI is InChI=1S/C21H13ClN6O3/c1-12-8-19(25-18-5-3-2-4-15(12)18)27-20(13(10-23)11-24-27)26-21(29)16-9-14(28(30)31)6-7-17(16)22/h2-9,11H,1H3,(H,26,29). The lowest BCUT2D eigenvalue weighted by atomic mass is 10.1. The van der Waals surface area contributed by atoms with Crippen LogP contribution >= 0.6 is 11.6 Å². The van der Waals surface area contributed by atoms with Crippen molar-refractivity contribution in [2.45, 2.75) is 6.92 Å². The summed E-state index contributed by atoms with van der Waals surface area (Å²) in [6.07, 6.45) is 1.30. The van der Waals surface area contributed by atoms with Crippen LogP contribution in [0.5, 0.6) is 0 Å². The van der Waals surface area contributed by atoms with Gasteiger partial charge < -0.3 is 5.32 Å². The maximum Gasteiger partial charge on any atom is 0.270 e. The summed E-state index contributed by atoms with van der Waals surface area (Å²) in [5, 5.41) is 28.3. The summed E-state index contributed by atoms with van der Waals surface area (Å²) in [4.78, 5) is 27.8. The molecule has 0 saturated carbocycles. The number of pyridine rings is 1. The highest BCUT2D eigenvalue weighted by molar-refractivity contribution is 6.34. The number of para-hydroxylation sites is 1. The van der Waals surface area contributed by atoms with Gasteiger partial charge in [0.25, 0.3) is 11.6 Å². The predicted octanol–water partition coefficient (Wildman–Crippen LogP) is 4.41. The first-order chi connectivity index (χ1) is 14.9. The molecule has 0 spiro atoms. The Morgan fingerprint density at radius 3 is 2.77 bits per heavy atom. The highest BCUT2D eigenvalue weighted by Gasteiger charge is 2.21. The molecular formula is C21H13ClN6O3. The molecule has 31 heavy (non-hydrogen) atoms. The van der Waals surface area contributed by atoms with E-state index in [0.717, 1.165) is 22.5 Å². The lowest BCUT2D eigenvalue weighted by Gasteiger charge is -2.11. The van der Waals surface area contributed by atoms with E-state index in [1.165, 1.54) is 23.0 Å². The number of hydrogen-bond donors (Lipinski definition) is 1. The third kappa shape index (κ3) is 3.68. The van der Waals surface area contributed by atoms with Gasteiger partial charge in [-0.25, -0.2) is 4.98 Å². The van der Waals surface area contributed by atoms with Crippen LogP contribution in [-0.2, 0) is 0 Å². The smallest absolute Gasteiger partial charge is 0.270 e. The van der Waals surface area contributed by atoms with Crippen LogP contribution in [0.2, 0.25) is 5.02 Å². The van der Waals surface area contributed by atoms with Gasteiger partial charge in [-0.1, -0.05) is 29.8 Å². The molecule has 0 aliphatic rings. The summed E-state index contributed by atoms with van der Waals surface area (Å²) in [5.41, 5.74) is 1.38. The van der Waals surface area contributed by atoms with E-state index in [1.54, 1.807) is 6.07 Å². The molecule has 0 bridgehead atoms. The summed E-state index contributed by atoms with van der Waals surface area (Å²) in [6, 6.07) is 14.9. The number of benzene rings is 2. The molecule has 0 aliphatic heterocycles. The maximum atomic E-state index is 12.8. The minimum Gasteiger partial charge on any atom is -0.305 e. The Bertz CT molecular complexity index is 1410. The van der Waals surface area contributed by atoms with Crippen molar-refractivity contribution in [2.75, 3.05) is 5.32 Å². The number of fused-ring (bicyclic) bond motifs is 1. The molecule has 1 amide bonds. The second-order valence-electron chi connectivity index (χ2n) is 6.62. The lowest BCUT2D eigenvalue weighted by molar-refractivity contribution is -0.384. The number of halogens is 1. The first-order valence-corrected chi connectivity index (χ1v) is 9.37. The fraction of sp³-hybridized carbons (Fsp3) is 0.0476. The number of anilines is 1.